The van der Waals surface area contributed by atoms with Crippen LogP contribution in [-0.4, -0.2) is 29.6 Å². The second kappa shape index (κ2) is 8.07. The Morgan fingerprint density at radius 1 is 1.04 bits per heavy atom. The molecule has 126 valence electrons. The number of aliphatic hydroxyl groups excluding tert-OH is 1. The molecule has 0 heterocycles. The van der Waals surface area contributed by atoms with Gasteiger partial charge in [-0.2, -0.15) is 0 Å². The number of hydrogen-bond acceptors (Lipinski definition) is 4. The number of nitrogens with one attached hydrogen (secondary N) is 3. The van der Waals surface area contributed by atoms with Crippen LogP contribution in [0.5, 0.6) is 0 Å². The van der Waals surface area contributed by atoms with Crippen LogP contribution in [0.1, 0.15) is 6.92 Å². The first kappa shape index (κ1) is 17.4. The van der Waals surface area contributed by atoms with Gasteiger partial charge in [-0.1, -0.05) is 12.1 Å². The van der Waals surface area contributed by atoms with Crippen LogP contribution in [0.4, 0.5) is 21.5 Å². The second-order valence-electron chi connectivity index (χ2n) is 5.15. The molecule has 2 rings (SSSR count). The fraction of sp³-hybridized carbons (Fsp3) is 0.176. The van der Waals surface area contributed by atoms with Gasteiger partial charge in [-0.15, -0.1) is 0 Å². The van der Waals surface area contributed by atoms with Gasteiger partial charge in [0.25, 0.3) is 0 Å². The summed E-state index contributed by atoms with van der Waals surface area (Å²) in [6.07, 6.45) is 0. The number of aliphatic hydroxyl groups is 1. The maximum atomic E-state index is 13.1. The summed E-state index contributed by atoms with van der Waals surface area (Å²) in [6.45, 7) is 1.05. The van der Waals surface area contributed by atoms with E-state index in [-0.39, 0.29) is 5.91 Å². The van der Waals surface area contributed by atoms with Gasteiger partial charge in [-0.25, -0.2) is 4.39 Å². The van der Waals surface area contributed by atoms with Gasteiger partial charge in [0.1, 0.15) is 18.5 Å². The van der Waals surface area contributed by atoms with E-state index >= 15 is 0 Å². The van der Waals surface area contributed by atoms with E-state index in [0.29, 0.717) is 17.1 Å². The van der Waals surface area contributed by atoms with E-state index in [9.17, 15) is 14.0 Å². The fourth-order valence-electron chi connectivity index (χ4n) is 2.02. The van der Waals surface area contributed by atoms with Crippen molar-refractivity contribution in [1.29, 1.82) is 0 Å². The number of anilines is 3. The smallest absolute Gasteiger partial charge is 0.250 e. The van der Waals surface area contributed by atoms with Crippen molar-refractivity contribution in [3.8, 4) is 0 Å². The number of benzene rings is 2. The second-order valence-corrected chi connectivity index (χ2v) is 5.15. The molecule has 0 unspecified atom stereocenters. The molecular weight excluding hydrogens is 313 g/mol. The lowest BCUT2D eigenvalue weighted by atomic mass is 10.2. The number of carbonyl (C=O) groups excluding carboxylic acids is 2. The Morgan fingerprint density at radius 2 is 1.67 bits per heavy atom. The summed E-state index contributed by atoms with van der Waals surface area (Å²) >= 11 is 0. The molecule has 0 saturated carbocycles. The zero-order chi connectivity index (χ0) is 17.5. The van der Waals surface area contributed by atoms with Crippen LogP contribution in [0.2, 0.25) is 0 Å². The van der Waals surface area contributed by atoms with Gasteiger partial charge >= 0.3 is 0 Å². The Hall–Kier alpha value is -2.93. The maximum Gasteiger partial charge on any atom is 0.250 e. The third-order valence-electron chi connectivity index (χ3n) is 3.16. The van der Waals surface area contributed by atoms with E-state index in [1.54, 1.807) is 37.3 Å². The largest absolute Gasteiger partial charge is 0.387 e. The van der Waals surface area contributed by atoms with E-state index in [1.807, 2.05) is 0 Å². The van der Waals surface area contributed by atoms with Crippen molar-refractivity contribution in [3.63, 3.8) is 0 Å². The van der Waals surface area contributed by atoms with Crippen molar-refractivity contribution in [2.75, 3.05) is 22.6 Å². The summed E-state index contributed by atoms with van der Waals surface area (Å²) in [4.78, 5) is 23.3. The third-order valence-corrected chi connectivity index (χ3v) is 3.16. The fourth-order valence-corrected chi connectivity index (χ4v) is 2.02. The summed E-state index contributed by atoms with van der Waals surface area (Å²) in [5, 5.41) is 16.8. The van der Waals surface area contributed by atoms with E-state index < -0.39 is 24.4 Å². The summed E-state index contributed by atoms with van der Waals surface area (Å²) < 4.78 is 13.1. The molecule has 0 spiro atoms. The van der Waals surface area contributed by atoms with Gasteiger partial charge in [-0.05, 0) is 43.3 Å². The molecule has 24 heavy (non-hydrogen) atoms. The molecule has 0 aliphatic carbocycles. The van der Waals surface area contributed by atoms with Crippen molar-refractivity contribution in [2.45, 2.75) is 13.0 Å². The Kier molecular flexibility index (Phi) is 5.86. The lowest BCUT2D eigenvalue weighted by Gasteiger charge is -2.16. The minimum Gasteiger partial charge on any atom is -0.387 e. The first-order valence-corrected chi connectivity index (χ1v) is 7.31. The molecule has 4 N–H and O–H groups in total. The summed E-state index contributed by atoms with van der Waals surface area (Å²) in [7, 11) is 0. The van der Waals surface area contributed by atoms with E-state index in [2.05, 4.69) is 16.0 Å². The van der Waals surface area contributed by atoms with Gasteiger partial charge < -0.3 is 21.1 Å². The molecule has 2 aromatic rings. The molecule has 2 amide bonds. The first-order chi connectivity index (χ1) is 11.5. The third kappa shape index (κ3) is 5.06. The minimum absolute atomic E-state index is 0.328. The minimum atomic E-state index is -0.607. The Balaban J connectivity index is 1.98. The zero-order valence-electron chi connectivity index (χ0n) is 13.0. The number of halogens is 1. The van der Waals surface area contributed by atoms with Crippen LogP contribution in [-0.2, 0) is 9.59 Å². The van der Waals surface area contributed by atoms with Gasteiger partial charge in [0.2, 0.25) is 11.8 Å². The molecule has 2 aromatic carbocycles. The number of rotatable bonds is 6. The predicted octanol–water partition coefficient (Wildman–Crippen LogP) is 2.20. The van der Waals surface area contributed by atoms with Crippen molar-refractivity contribution < 1.29 is 19.1 Å². The highest BCUT2D eigenvalue weighted by Gasteiger charge is 2.13. The van der Waals surface area contributed by atoms with Gasteiger partial charge in [0.15, 0.2) is 0 Å². The molecule has 0 fully saturated rings. The molecule has 0 radical (unpaired) electrons. The molecule has 1 atom stereocenters. The number of amides is 2. The van der Waals surface area contributed by atoms with Crippen molar-refractivity contribution in [3.05, 3.63) is 54.3 Å². The van der Waals surface area contributed by atoms with Crippen LogP contribution < -0.4 is 16.0 Å². The standard InChI is InChI=1S/C17H18FN3O3/c1-11(17(24)21-13-5-2-4-12(18)8-13)19-14-6-3-7-15(9-14)20-16(23)10-22/h2-9,11,19,22H,10H2,1H3,(H,20,23)(H,21,24)/t11-/m0/s1. The van der Waals surface area contributed by atoms with Crippen LogP contribution in [0.3, 0.4) is 0 Å². The Bertz CT molecular complexity index is 737. The first-order valence-electron chi connectivity index (χ1n) is 7.31. The molecule has 0 saturated heterocycles. The van der Waals surface area contributed by atoms with Gasteiger partial charge in [0, 0.05) is 17.1 Å². The topological polar surface area (TPSA) is 90.5 Å². The summed E-state index contributed by atoms with van der Waals surface area (Å²) in [5.41, 5.74) is 1.49. The number of hydrogen-bond donors (Lipinski definition) is 4. The van der Waals surface area contributed by atoms with Gasteiger partial charge in [0.05, 0.1) is 0 Å². The number of carbonyl (C=O) groups is 2. The van der Waals surface area contributed by atoms with Crippen molar-refractivity contribution in [2.24, 2.45) is 0 Å². The normalized spacial score (nSPS) is 11.5. The zero-order valence-corrected chi connectivity index (χ0v) is 13.0. The van der Waals surface area contributed by atoms with Gasteiger partial charge in [-0.3, -0.25) is 9.59 Å². The van der Waals surface area contributed by atoms with Crippen LogP contribution in [0.15, 0.2) is 48.5 Å². The van der Waals surface area contributed by atoms with Crippen molar-refractivity contribution in [1.82, 2.24) is 0 Å². The maximum absolute atomic E-state index is 13.1. The van der Waals surface area contributed by atoms with Crippen LogP contribution in [0, 0.1) is 5.82 Å². The monoisotopic (exact) mass is 331 g/mol. The lowest BCUT2D eigenvalue weighted by molar-refractivity contribution is -0.119. The van der Waals surface area contributed by atoms with E-state index in [1.165, 1.54) is 18.2 Å². The van der Waals surface area contributed by atoms with E-state index in [0.717, 1.165) is 0 Å². The molecule has 0 aliphatic rings. The summed E-state index contributed by atoms with van der Waals surface area (Å²) in [5.74, 6) is -1.28. The Labute approximate surface area is 138 Å². The SMILES string of the molecule is C[C@H](Nc1cccc(NC(=O)CO)c1)C(=O)Nc1cccc(F)c1. The highest BCUT2D eigenvalue weighted by Crippen LogP contribution is 2.16. The lowest BCUT2D eigenvalue weighted by Crippen LogP contribution is -2.31. The van der Waals surface area contributed by atoms with Crippen LogP contribution >= 0.6 is 0 Å². The molecule has 0 aromatic heterocycles. The molecule has 7 heteroatoms. The van der Waals surface area contributed by atoms with Crippen LogP contribution in [0.25, 0.3) is 0 Å². The highest BCUT2D eigenvalue weighted by molar-refractivity contribution is 5.96. The molecular formula is C17H18FN3O3. The quantitative estimate of drug-likeness (QED) is 0.653. The average molecular weight is 331 g/mol. The predicted molar refractivity (Wildman–Crippen MR) is 90.3 cm³/mol. The molecule has 0 aliphatic heterocycles. The van der Waals surface area contributed by atoms with E-state index in [4.69, 9.17) is 5.11 Å². The Morgan fingerprint density at radius 3 is 2.33 bits per heavy atom. The average Bonchev–Trinajstić information content (AvgIpc) is 2.55. The van der Waals surface area contributed by atoms with Crippen molar-refractivity contribution >= 4 is 28.9 Å². The molecule has 0 bridgehead atoms. The molecule has 6 nitrogen and oxygen atoms in total. The highest BCUT2D eigenvalue weighted by atomic mass is 19.1. The summed E-state index contributed by atoms with van der Waals surface area (Å²) in [6, 6.07) is 11.8.